The van der Waals surface area contributed by atoms with Crippen LogP contribution in [0.15, 0.2) is 0 Å². The van der Waals surface area contributed by atoms with Crippen LogP contribution in [0, 0.1) is 0 Å². The van der Waals surface area contributed by atoms with Crippen molar-refractivity contribution in [3.8, 4) is 0 Å². The van der Waals surface area contributed by atoms with Gasteiger partial charge in [-0.3, -0.25) is 4.90 Å². The van der Waals surface area contributed by atoms with Gasteiger partial charge in [-0.2, -0.15) is 0 Å². The number of rotatable bonds is 4. The molecule has 0 amide bonds. The fraction of sp³-hybridized carbons (Fsp3) is 1.00. The lowest BCUT2D eigenvalue weighted by molar-refractivity contribution is -0.314. The van der Waals surface area contributed by atoms with Crippen LogP contribution in [-0.4, -0.2) is 133 Å². The second kappa shape index (κ2) is 7.29. The standard InChI is InChI=1S/C14H25NO10/c16-2-4-8(18)11(21)7-9(19)5(1-15(4)7)24-14-13(23)12(22)10(20)6(3-17)25-14/h4-14,16-23H,1-3H2/t4-,5-,6?,7+,8+,9+,10+,11+,12?,13-,14+/m0/s1. The predicted molar refractivity (Wildman–Crippen MR) is 78.0 cm³/mol. The molecular formula is C14H25NO10. The minimum atomic E-state index is -1.61. The molecule has 0 radical (unpaired) electrons. The van der Waals surface area contributed by atoms with Gasteiger partial charge in [0.05, 0.1) is 43.6 Å². The molecule has 0 saturated carbocycles. The van der Waals surface area contributed by atoms with Crippen molar-refractivity contribution in [1.82, 2.24) is 4.90 Å². The highest BCUT2D eigenvalue weighted by atomic mass is 16.7. The van der Waals surface area contributed by atoms with Crippen molar-refractivity contribution in [2.75, 3.05) is 19.8 Å². The van der Waals surface area contributed by atoms with Crippen LogP contribution >= 0.6 is 0 Å². The summed E-state index contributed by atoms with van der Waals surface area (Å²) in [7, 11) is 0. The average Bonchev–Trinajstić information content (AvgIpc) is 3.03. The van der Waals surface area contributed by atoms with Crippen LogP contribution in [-0.2, 0) is 9.47 Å². The molecule has 3 saturated heterocycles. The van der Waals surface area contributed by atoms with Gasteiger partial charge in [-0.15, -0.1) is 0 Å². The van der Waals surface area contributed by atoms with E-state index in [0.29, 0.717) is 0 Å². The van der Waals surface area contributed by atoms with Crippen LogP contribution in [0.5, 0.6) is 0 Å². The molecule has 8 N–H and O–H groups in total. The Hall–Kier alpha value is -0.440. The Morgan fingerprint density at radius 1 is 0.800 bits per heavy atom. The Morgan fingerprint density at radius 3 is 2.08 bits per heavy atom. The van der Waals surface area contributed by atoms with Crippen molar-refractivity contribution in [2.24, 2.45) is 0 Å². The van der Waals surface area contributed by atoms with Crippen LogP contribution in [0.3, 0.4) is 0 Å². The number of nitrogens with zero attached hydrogens (tertiary/aromatic N) is 1. The smallest absolute Gasteiger partial charge is 0.187 e. The quantitative estimate of drug-likeness (QED) is 0.237. The minimum absolute atomic E-state index is 0.0419. The normalized spacial score (nSPS) is 54.0. The SMILES string of the molecule is OCC1O[C@@H](O[C@H]2CN3[C@@H]([C@@H](O)[C@H](O)[C@@H]3CO)[C@@H]2O)[C@@H](O)C(O)[C@@H]1O. The third-order valence-corrected chi connectivity index (χ3v) is 5.37. The molecule has 11 nitrogen and oxygen atoms in total. The Balaban J connectivity index is 1.70. The monoisotopic (exact) mass is 367 g/mol. The van der Waals surface area contributed by atoms with Gasteiger partial charge in [-0.1, -0.05) is 0 Å². The van der Waals surface area contributed by atoms with Crippen molar-refractivity contribution < 1.29 is 50.3 Å². The number of hydrogen-bond acceptors (Lipinski definition) is 11. The van der Waals surface area contributed by atoms with Crippen molar-refractivity contribution >= 4 is 0 Å². The highest BCUT2D eigenvalue weighted by Crippen LogP contribution is 2.36. The largest absolute Gasteiger partial charge is 0.395 e. The van der Waals surface area contributed by atoms with Gasteiger partial charge in [0, 0.05) is 6.54 Å². The molecule has 3 rings (SSSR count). The van der Waals surface area contributed by atoms with Gasteiger partial charge in [-0.05, 0) is 0 Å². The van der Waals surface area contributed by atoms with Crippen molar-refractivity contribution in [1.29, 1.82) is 0 Å². The molecule has 3 aliphatic rings. The molecule has 2 unspecified atom stereocenters. The van der Waals surface area contributed by atoms with E-state index in [1.54, 1.807) is 0 Å². The summed E-state index contributed by atoms with van der Waals surface area (Å²) in [4.78, 5) is 1.52. The summed E-state index contributed by atoms with van der Waals surface area (Å²) in [6, 6.07) is -1.62. The third kappa shape index (κ3) is 3.09. The molecule has 0 aromatic heterocycles. The van der Waals surface area contributed by atoms with E-state index < -0.39 is 80.4 Å². The molecule has 3 aliphatic heterocycles. The number of fused-ring (bicyclic) bond motifs is 1. The maximum Gasteiger partial charge on any atom is 0.187 e. The molecular weight excluding hydrogens is 342 g/mol. The maximum absolute atomic E-state index is 10.4. The summed E-state index contributed by atoms with van der Waals surface area (Å²) in [5, 5.41) is 78.5. The third-order valence-electron chi connectivity index (χ3n) is 5.37. The minimum Gasteiger partial charge on any atom is -0.395 e. The van der Waals surface area contributed by atoms with Crippen molar-refractivity contribution in [2.45, 2.75) is 67.2 Å². The molecule has 3 fully saturated rings. The topological polar surface area (TPSA) is 184 Å². The summed E-state index contributed by atoms with van der Waals surface area (Å²) in [6.45, 7) is -0.987. The van der Waals surface area contributed by atoms with Crippen LogP contribution in [0.2, 0.25) is 0 Å². The molecule has 0 spiro atoms. The number of aliphatic hydroxyl groups is 8. The summed E-state index contributed by atoms with van der Waals surface area (Å²) in [5.41, 5.74) is 0. The zero-order valence-corrected chi connectivity index (χ0v) is 13.3. The summed E-state index contributed by atoms with van der Waals surface area (Å²) in [5.74, 6) is 0. The van der Waals surface area contributed by atoms with Crippen LogP contribution in [0.4, 0.5) is 0 Å². The second-order valence-electron chi connectivity index (χ2n) is 6.78. The highest BCUT2D eigenvalue weighted by Gasteiger charge is 2.58. The number of hydrogen-bond donors (Lipinski definition) is 8. The van der Waals surface area contributed by atoms with E-state index in [-0.39, 0.29) is 6.54 Å². The predicted octanol–water partition coefficient (Wildman–Crippen LogP) is -5.69. The van der Waals surface area contributed by atoms with E-state index in [4.69, 9.17) is 9.47 Å². The van der Waals surface area contributed by atoms with Crippen LogP contribution in [0.25, 0.3) is 0 Å². The molecule has 25 heavy (non-hydrogen) atoms. The Bertz CT molecular complexity index is 467. The van der Waals surface area contributed by atoms with E-state index in [1.807, 2.05) is 0 Å². The van der Waals surface area contributed by atoms with E-state index >= 15 is 0 Å². The van der Waals surface area contributed by atoms with Gasteiger partial charge in [0.25, 0.3) is 0 Å². The van der Waals surface area contributed by atoms with Gasteiger partial charge < -0.3 is 50.3 Å². The Labute approximate surface area is 143 Å². The number of ether oxygens (including phenoxy) is 2. The molecule has 11 heteroatoms. The highest BCUT2D eigenvalue weighted by molar-refractivity contribution is 5.10. The fourth-order valence-electron chi connectivity index (χ4n) is 3.92. The van der Waals surface area contributed by atoms with Gasteiger partial charge >= 0.3 is 0 Å². The molecule has 0 bridgehead atoms. The first kappa shape index (κ1) is 19.3. The van der Waals surface area contributed by atoms with Gasteiger partial charge in [-0.25, -0.2) is 0 Å². The summed E-state index contributed by atoms with van der Waals surface area (Å²) >= 11 is 0. The van der Waals surface area contributed by atoms with Crippen LogP contribution in [0.1, 0.15) is 0 Å². The fourth-order valence-corrected chi connectivity index (χ4v) is 3.92. The molecule has 0 aromatic rings. The van der Waals surface area contributed by atoms with Gasteiger partial charge in [0.2, 0.25) is 0 Å². The zero-order chi connectivity index (χ0) is 18.5. The first-order valence-corrected chi connectivity index (χ1v) is 8.18. The first-order valence-electron chi connectivity index (χ1n) is 8.18. The van der Waals surface area contributed by atoms with E-state index in [1.165, 1.54) is 4.90 Å². The second-order valence-corrected chi connectivity index (χ2v) is 6.78. The van der Waals surface area contributed by atoms with Crippen LogP contribution < -0.4 is 0 Å². The van der Waals surface area contributed by atoms with E-state index in [9.17, 15) is 40.9 Å². The molecule has 11 atom stereocenters. The summed E-state index contributed by atoms with van der Waals surface area (Å²) < 4.78 is 10.8. The Kier molecular flexibility index (Phi) is 5.63. The average molecular weight is 367 g/mol. The molecule has 0 aromatic carbocycles. The molecule has 146 valence electrons. The van der Waals surface area contributed by atoms with Crippen molar-refractivity contribution in [3.05, 3.63) is 0 Å². The van der Waals surface area contributed by atoms with E-state index in [2.05, 4.69) is 0 Å². The number of aliphatic hydroxyl groups excluding tert-OH is 8. The van der Waals surface area contributed by atoms with Crippen molar-refractivity contribution in [3.63, 3.8) is 0 Å². The van der Waals surface area contributed by atoms with E-state index in [0.717, 1.165) is 0 Å². The zero-order valence-electron chi connectivity index (χ0n) is 13.3. The lowest BCUT2D eigenvalue weighted by Gasteiger charge is -2.40. The maximum atomic E-state index is 10.4. The Morgan fingerprint density at radius 2 is 1.48 bits per heavy atom. The van der Waals surface area contributed by atoms with Gasteiger partial charge in [0.1, 0.15) is 30.5 Å². The van der Waals surface area contributed by atoms with Gasteiger partial charge in [0.15, 0.2) is 6.29 Å². The summed E-state index contributed by atoms with van der Waals surface area (Å²) in [6.07, 6.45) is -12.0. The lowest BCUT2D eigenvalue weighted by atomic mass is 9.99. The first-order chi connectivity index (χ1) is 11.8. The lowest BCUT2D eigenvalue weighted by Crippen LogP contribution is -2.60. The molecule has 0 aliphatic carbocycles. The molecule has 3 heterocycles.